The second-order valence-electron chi connectivity index (χ2n) is 12.6. The summed E-state index contributed by atoms with van der Waals surface area (Å²) in [7, 11) is 0. The van der Waals surface area contributed by atoms with Crippen LogP contribution in [0.5, 0.6) is 0 Å². The van der Waals surface area contributed by atoms with Gasteiger partial charge in [0.05, 0.1) is 28.2 Å². The van der Waals surface area contributed by atoms with E-state index in [1.54, 1.807) is 6.20 Å². The van der Waals surface area contributed by atoms with E-state index in [1.807, 2.05) is 40.1 Å². The van der Waals surface area contributed by atoms with Crippen LogP contribution in [0.2, 0.25) is 5.02 Å². The van der Waals surface area contributed by atoms with Crippen LogP contribution in [0.4, 0.5) is 10.5 Å². The first-order valence-corrected chi connectivity index (χ1v) is 14.3. The molecule has 1 fully saturated rings. The fraction of sp³-hybridized carbons (Fsp3) is 0.467. The predicted octanol–water partition coefficient (Wildman–Crippen LogP) is 4.81. The molecule has 1 atom stereocenters. The number of carbonyl (C=O) groups excluding carboxylic acids is 3. The summed E-state index contributed by atoms with van der Waals surface area (Å²) in [6, 6.07) is 9.53. The maximum absolute atomic E-state index is 13.9. The Balaban J connectivity index is 1.23. The number of hydrogen-bond donors (Lipinski definition) is 3. The Labute approximate surface area is 238 Å². The average molecular weight is 563 g/mol. The number of H-pyrrole nitrogens is 1. The Kier molecular flexibility index (Phi) is 6.52. The van der Waals surface area contributed by atoms with Crippen LogP contribution in [-0.2, 0) is 28.1 Å². The minimum atomic E-state index is -0.497. The van der Waals surface area contributed by atoms with Crippen LogP contribution in [0, 0.1) is 11.3 Å². The lowest BCUT2D eigenvalue weighted by atomic mass is 9.78. The lowest BCUT2D eigenvalue weighted by Crippen LogP contribution is -2.57. The Hall–Kier alpha value is -3.59. The summed E-state index contributed by atoms with van der Waals surface area (Å²) in [5.74, 6) is -0.511. The number of benzene rings is 2. The first kappa shape index (κ1) is 26.6. The number of nitrogens with zero attached hydrogens (tertiary/aromatic N) is 3. The van der Waals surface area contributed by atoms with Gasteiger partial charge in [0.2, 0.25) is 11.8 Å². The Morgan fingerprint density at radius 2 is 1.93 bits per heavy atom. The predicted molar refractivity (Wildman–Crippen MR) is 154 cm³/mol. The van der Waals surface area contributed by atoms with E-state index in [0.717, 1.165) is 33.3 Å². The van der Waals surface area contributed by atoms with E-state index < -0.39 is 11.5 Å². The Morgan fingerprint density at radius 1 is 1.18 bits per heavy atom. The number of anilines is 1. The van der Waals surface area contributed by atoms with Gasteiger partial charge in [0, 0.05) is 49.2 Å². The van der Waals surface area contributed by atoms with Crippen molar-refractivity contribution in [2.45, 2.75) is 58.5 Å². The summed E-state index contributed by atoms with van der Waals surface area (Å²) in [5, 5.41) is 14.7. The molecule has 3 aromatic rings. The molecule has 3 aliphatic rings. The van der Waals surface area contributed by atoms with Crippen molar-refractivity contribution in [2.24, 2.45) is 11.3 Å². The largest absolute Gasteiger partial charge is 0.342 e. The number of aromatic nitrogens is 2. The minimum Gasteiger partial charge on any atom is -0.342 e. The molecule has 2 aromatic carbocycles. The first-order valence-electron chi connectivity index (χ1n) is 13.9. The molecule has 0 radical (unpaired) electrons. The minimum absolute atomic E-state index is 0.000248. The number of hydrogen-bond acceptors (Lipinski definition) is 4. The molecule has 4 amide bonds. The molecule has 1 spiro atoms. The van der Waals surface area contributed by atoms with Crippen LogP contribution in [0.25, 0.3) is 10.9 Å². The van der Waals surface area contributed by atoms with Crippen molar-refractivity contribution in [1.29, 1.82) is 0 Å². The van der Waals surface area contributed by atoms with E-state index in [4.69, 9.17) is 11.6 Å². The summed E-state index contributed by atoms with van der Waals surface area (Å²) in [6.07, 6.45) is 3.60. The molecule has 1 saturated heterocycles. The van der Waals surface area contributed by atoms with Gasteiger partial charge < -0.3 is 20.4 Å². The molecule has 4 heterocycles. The number of fused-ring (bicyclic) bond motifs is 5. The van der Waals surface area contributed by atoms with E-state index in [0.29, 0.717) is 50.5 Å². The van der Waals surface area contributed by atoms with Crippen molar-refractivity contribution >= 4 is 46.0 Å². The van der Waals surface area contributed by atoms with Gasteiger partial charge in [0.1, 0.15) is 0 Å². The van der Waals surface area contributed by atoms with Crippen molar-refractivity contribution in [3.05, 3.63) is 58.2 Å². The molecular formula is C30H35ClN6O3. The van der Waals surface area contributed by atoms with Gasteiger partial charge in [0.25, 0.3) is 0 Å². The van der Waals surface area contributed by atoms with Crippen molar-refractivity contribution in [1.82, 2.24) is 25.3 Å². The van der Waals surface area contributed by atoms with Crippen LogP contribution < -0.4 is 10.6 Å². The number of nitrogens with one attached hydrogen (secondary N) is 3. The van der Waals surface area contributed by atoms with Crippen LogP contribution >= 0.6 is 11.6 Å². The second-order valence-corrected chi connectivity index (χ2v) is 13.0. The summed E-state index contributed by atoms with van der Waals surface area (Å²) in [6.45, 7) is 8.41. The molecule has 40 heavy (non-hydrogen) atoms. The Bertz CT molecular complexity index is 1500. The molecule has 6 rings (SSSR count). The van der Waals surface area contributed by atoms with Crippen LogP contribution in [0.15, 0.2) is 36.5 Å². The molecule has 0 bridgehead atoms. The van der Waals surface area contributed by atoms with E-state index >= 15 is 0 Å². The van der Waals surface area contributed by atoms with Crippen molar-refractivity contribution < 1.29 is 14.4 Å². The number of halogens is 1. The van der Waals surface area contributed by atoms with E-state index in [-0.39, 0.29) is 29.7 Å². The smallest absolute Gasteiger partial charge is 0.319 e. The lowest BCUT2D eigenvalue weighted by Gasteiger charge is -2.45. The highest BCUT2D eigenvalue weighted by Gasteiger charge is 2.43. The molecule has 210 valence electrons. The van der Waals surface area contributed by atoms with Gasteiger partial charge in [-0.25, -0.2) is 4.79 Å². The number of carbonyl (C=O) groups is 3. The third-order valence-electron chi connectivity index (χ3n) is 8.47. The standard InChI is InChI=1S/C30H35ClN6O3/c1-29(2,3)17-37-16-21-18(13-23(31)26-20(21)15-32-35-26)12-19(27(37)39)14-25(38)36-10-8-30(9-11-36)22-6-4-5-7-24(22)33-28(40)34-30/h4-7,13,15,19H,8-12,14,16-17H2,1-3H3,(H,32,35)(H2,33,34,40)/t19-/m0/s1. The summed E-state index contributed by atoms with van der Waals surface area (Å²) >= 11 is 6.58. The fourth-order valence-electron chi connectivity index (χ4n) is 6.62. The average Bonchev–Trinajstić information content (AvgIpc) is 3.36. The van der Waals surface area contributed by atoms with E-state index in [9.17, 15) is 14.4 Å². The number of aromatic amines is 1. The Morgan fingerprint density at radius 3 is 2.67 bits per heavy atom. The van der Waals surface area contributed by atoms with Crippen molar-refractivity contribution in [3.63, 3.8) is 0 Å². The zero-order chi connectivity index (χ0) is 28.2. The fourth-order valence-corrected chi connectivity index (χ4v) is 6.89. The van der Waals surface area contributed by atoms with Gasteiger partial charge in [-0.1, -0.05) is 50.6 Å². The highest BCUT2D eigenvalue weighted by Crippen LogP contribution is 2.40. The monoisotopic (exact) mass is 562 g/mol. The SMILES string of the molecule is CC(C)(C)CN1Cc2c(cc(Cl)c3[nH]ncc23)C[C@@H](CC(=O)N2CCC3(CC2)NC(=O)Nc2ccccc23)C1=O. The van der Waals surface area contributed by atoms with Crippen molar-refractivity contribution in [3.8, 4) is 0 Å². The summed E-state index contributed by atoms with van der Waals surface area (Å²) in [4.78, 5) is 43.7. The molecular weight excluding hydrogens is 528 g/mol. The molecule has 3 N–H and O–H groups in total. The first-order chi connectivity index (χ1) is 19.0. The number of rotatable bonds is 3. The van der Waals surface area contributed by atoms with Crippen LogP contribution in [0.1, 0.15) is 56.7 Å². The van der Waals surface area contributed by atoms with Gasteiger partial charge in [-0.2, -0.15) is 5.10 Å². The zero-order valence-corrected chi connectivity index (χ0v) is 23.9. The zero-order valence-electron chi connectivity index (χ0n) is 23.1. The van der Waals surface area contributed by atoms with Gasteiger partial charge in [0.15, 0.2) is 0 Å². The normalized spacial score (nSPS) is 20.6. The lowest BCUT2D eigenvalue weighted by molar-refractivity contribution is -0.143. The van der Waals surface area contributed by atoms with Gasteiger partial charge in [-0.15, -0.1) is 0 Å². The molecule has 0 unspecified atom stereocenters. The quantitative estimate of drug-likeness (QED) is 0.425. The molecule has 9 nitrogen and oxygen atoms in total. The number of urea groups is 1. The number of piperidine rings is 1. The van der Waals surface area contributed by atoms with E-state index in [1.165, 1.54) is 0 Å². The van der Waals surface area contributed by atoms with Crippen LogP contribution in [0.3, 0.4) is 0 Å². The second kappa shape index (κ2) is 9.80. The van der Waals surface area contributed by atoms with Crippen molar-refractivity contribution in [2.75, 3.05) is 25.0 Å². The van der Waals surface area contributed by atoms with Crippen LogP contribution in [-0.4, -0.2) is 57.5 Å². The van der Waals surface area contributed by atoms with Gasteiger partial charge in [-0.3, -0.25) is 14.7 Å². The third kappa shape index (κ3) is 4.80. The van der Waals surface area contributed by atoms with Gasteiger partial charge in [-0.05, 0) is 47.9 Å². The van der Waals surface area contributed by atoms with Gasteiger partial charge >= 0.3 is 6.03 Å². The highest BCUT2D eigenvalue weighted by atomic mass is 35.5. The summed E-state index contributed by atoms with van der Waals surface area (Å²) in [5.41, 5.74) is 4.08. The molecule has 10 heteroatoms. The third-order valence-corrected chi connectivity index (χ3v) is 8.77. The highest BCUT2D eigenvalue weighted by molar-refractivity contribution is 6.35. The maximum Gasteiger partial charge on any atom is 0.319 e. The number of likely N-dealkylation sites (tertiary alicyclic amines) is 1. The summed E-state index contributed by atoms with van der Waals surface area (Å²) < 4.78 is 0. The number of para-hydroxylation sites is 1. The maximum atomic E-state index is 13.9. The topological polar surface area (TPSA) is 110 Å². The molecule has 0 saturated carbocycles. The number of amides is 4. The van der Waals surface area contributed by atoms with E-state index in [2.05, 4.69) is 41.6 Å². The molecule has 1 aromatic heterocycles. The molecule has 3 aliphatic heterocycles. The molecule has 0 aliphatic carbocycles.